The Morgan fingerprint density at radius 1 is 1.27 bits per heavy atom. The molecule has 0 aliphatic heterocycles. The van der Waals surface area contributed by atoms with E-state index >= 15 is 0 Å². The molecule has 22 heavy (non-hydrogen) atoms. The van der Waals surface area contributed by atoms with Crippen LogP contribution in [-0.2, 0) is 20.1 Å². The standard InChI is InChI=1S/C14H13FN2O4S/c15-11-3-1-10(2-4-11)8-22-9-14(19)20-7-13(18)16-12-5-6-21-17-12/h1-6H,7-9H2,(H,16,17,18). The Hall–Kier alpha value is -2.35. The normalized spacial score (nSPS) is 10.2. The molecule has 0 radical (unpaired) electrons. The number of halogens is 1. The minimum absolute atomic E-state index is 0.106. The van der Waals surface area contributed by atoms with E-state index in [9.17, 15) is 14.0 Å². The summed E-state index contributed by atoms with van der Waals surface area (Å²) in [6, 6.07) is 7.50. The number of carbonyl (C=O) groups excluding carboxylic acids is 2. The molecule has 0 fully saturated rings. The van der Waals surface area contributed by atoms with E-state index in [1.54, 1.807) is 12.1 Å². The lowest BCUT2D eigenvalue weighted by Crippen LogP contribution is -2.21. The van der Waals surface area contributed by atoms with Gasteiger partial charge < -0.3 is 14.6 Å². The smallest absolute Gasteiger partial charge is 0.316 e. The molecule has 2 aromatic rings. The van der Waals surface area contributed by atoms with Gasteiger partial charge in [-0.1, -0.05) is 17.3 Å². The number of anilines is 1. The number of hydrogen-bond acceptors (Lipinski definition) is 6. The van der Waals surface area contributed by atoms with Gasteiger partial charge in [-0.3, -0.25) is 9.59 Å². The van der Waals surface area contributed by atoms with Crippen LogP contribution in [-0.4, -0.2) is 29.4 Å². The number of rotatable bonds is 7. The lowest BCUT2D eigenvalue weighted by molar-refractivity contribution is -0.144. The highest BCUT2D eigenvalue weighted by atomic mass is 32.2. The molecule has 0 unspecified atom stereocenters. The molecule has 1 N–H and O–H groups in total. The van der Waals surface area contributed by atoms with Crippen LogP contribution in [0, 0.1) is 5.82 Å². The van der Waals surface area contributed by atoms with E-state index < -0.39 is 11.9 Å². The maximum Gasteiger partial charge on any atom is 0.316 e. The van der Waals surface area contributed by atoms with Crippen LogP contribution in [0.4, 0.5) is 10.2 Å². The Kier molecular flexibility index (Phi) is 5.96. The zero-order valence-electron chi connectivity index (χ0n) is 11.5. The van der Waals surface area contributed by atoms with E-state index in [1.807, 2.05) is 0 Å². The molecule has 0 bridgehead atoms. The van der Waals surface area contributed by atoms with Gasteiger partial charge in [-0.25, -0.2) is 4.39 Å². The number of aromatic nitrogens is 1. The van der Waals surface area contributed by atoms with Crippen LogP contribution in [0.25, 0.3) is 0 Å². The second-order valence-corrected chi connectivity index (χ2v) is 5.20. The van der Waals surface area contributed by atoms with E-state index in [0.717, 1.165) is 5.56 Å². The van der Waals surface area contributed by atoms with Crippen molar-refractivity contribution in [3.05, 3.63) is 48.0 Å². The van der Waals surface area contributed by atoms with Gasteiger partial charge in [0, 0.05) is 11.8 Å². The van der Waals surface area contributed by atoms with Crippen molar-refractivity contribution in [2.75, 3.05) is 17.7 Å². The maximum absolute atomic E-state index is 12.7. The third-order valence-corrected chi connectivity index (χ3v) is 3.45. The first-order valence-electron chi connectivity index (χ1n) is 6.31. The van der Waals surface area contributed by atoms with Crippen molar-refractivity contribution in [2.45, 2.75) is 5.75 Å². The highest BCUT2D eigenvalue weighted by Gasteiger charge is 2.09. The molecule has 8 heteroatoms. The number of thioether (sulfide) groups is 1. The van der Waals surface area contributed by atoms with Crippen LogP contribution in [0.3, 0.4) is 0 Å². The monoisotopic (exact) mass is 324 g/mol. The summed E-state index contributed by atoms with van der Waals surface area (Å²) in [5, 5.41) is 5.90. The molecule has 1 heterocycles. The van der Waals surface area contributed by atoms with Crippen LogP contribution in [0.2, 0.25) is 0 Å². The van der Waals surface area contributed by atoms with Gasteiger partial charge in [-0.05, 0) is 17.7 Å². The average molecular weight is 324 g/mol. The van der Waals surface area contributed by atoms with E-state index in [1.165, 1.54) is 36.2 Å². The molecule has 2 rings (SSSR count). The highest BCUT2D eigenvalue weighted by Crippen LogP contribution is 2.13. The lowest BCUT2D eigenvalue weighted by atomic mass is 10.2. The van der Waals surface area contributed by atoms with Crippen molar-refractivity contribution in [1.82, 2.24) is 5.16 Å². The molecule has 1 amide bonds. The molecule has 0 saturated heterocycles. The Bertz CT molecular complexity index is 616. The molecule has 6 nitrogen and oxygen atoms in total. The lowest BCUT2D eigenvalue weighted by Gasteiger charge is -2.05. The number of hydrogen-bond donors (Lipinski definition) is 1. The molecular weight excluding hydrogens is 311 g/mol. The molecule has 116 valence electrons. The number of esters is 1. The SMILES string of the molecule is O=C(COC(=O)CSCc1ccc(F)cc1)Nc1ccon1. The van der Waals surface area contributed by atoms with Gasteiger partial charge >= 0.3 is 5.97 Å². The van der Waals surface area contributed by atoms with Crippen molar-refractivity contribution in [2.24, 2.45) is 0 Å². The largest absolute Gasteiger partial charge is 0.455 e. The Morgan fingerprint density at radius 3 is 2.73 bits per heavy atom. The predicted molar refractivity (Wildman–Crippen MR) is 78.7 cm³/mol. The van der Waals surface area contributed by atoms with Gasteiger partial charge in [0.2, 0.25) is 0 Å². The first-order valence-corrected chi connectivity index (χ1v) is 7.47. The van der Waals surface area contributed by atoms with E-state index in [2.05, 4.69) is 15.0 Å². The van der Waals surface area contributed by atoms with E-state index in [0.29, 0.717) is 5.75 Å². The third-order valence-electron chi connectivity index (χ3n) is 2.47. The third kappa shape index (κ3) is 5.57. The van der Waals surface area contributed by atoms with Gasteiger partial charge in [0.1, 0.15) is 12.1 Å². The fraction of sp³-hybridized carbons (Fsp3) is 0.214. The first kappa shape index (κ1) is 16.0. The molecule has 1 aromatic carbocycles. The second-order valence-electron chi connectivity index (χ2n) is 4.21. The molecular formula is C14H13FN2O4S. The molecule has 0 atom stereocenters. The van der Waals surface area contributed by atoms with Crippen LogP contribution in [0.1, 0.15) is 5.56 Å². The van der Waals surface area contributed by atoms with Crippen LogP contribution < -0.4 is 5.32 Å². The first-order chi connectivity index (χ1) is 10.6. The zero-order valence-corrected chi connectivity index (χ0v) is 12.3. The topological polar surface area (TPSA) is 81.4 Å². The van der Waals surface area contributed by atoms with Crippen LogP contribution in [0.15, 0.2) is 41.1 Å². The Morgan fingerprint density at radius 2 is 2.05 bits per heavy atom. The molecule has 0 spiro atoms. The Labute approximate surface area is 130 Å². The van der Waals surface area contributed by atoms with Gasteiger partial charge in [0.15, 0.2) is 12.4 Å². The summed E-state index contributed by atoms with van der Waals surface area (Å²) >= 11 is 1.32. The van der Waals surface area contributed by atoms with Crippen molar-refractivity contribution in [3.8, 4) is 0 Å². The number of nitrogens with one attached hydrogen (secondary N) is 1. The summed E-state index contributed by atoms with van der Waals surface area (Å²) in [7, 11) is 0. The number of nitrogens with zero attached hydrogens (tertiary/aromatic N) is 1. The minimum atomic E-state index is -0.498. The molecule has 0 aliphatic carbocycles. The maximum atomic E-state index is 12.7. The summed E-state index contributed by atoms with van der Waals surface area (Å²) in [6.07, 6.45) is 1.31. The number of carbonyl (C=O) groups is 2. The van der Waals surface area contributed by atoms with Gasteiger partial charge in [-0.2, -0.15) is 0 Å². The molecule has 1 aromatic heterocycles. The molecule has 0 saturated carbocycles. The van der Waals surface area contributed by atoms with Gasteiger partial charge in [0.05, 0.1) is 5.75 Å². The quantitative estimate of drug-likeness (QED) is 0.787. The van der Waals surface area contributed by atoms with Gasteiger partial charge in [-0.15, -0.1) is 11.8 Å². The fourth-order valence-corrected chi connectivity index (χ4v) is 2.26. The fourth-order valence-electron chi connectivity index (χ4n) is 1.48. The van der Waals surface area contributed by atoms with Gasteiger partial charge in [0.25, 0.3) is 5.91 Å². The van der Waals surface area contributed by atoms with E-state index in [-0.39, 0.29) is 24.0 Å². The summed E-state index contributed by atoms with van der Waals surface area (Å²) in [5.41, 5.74) is 0.906. The second kappa shape index (κ2) is 8.18. The number of benzene rings is 1. The van der Waals surface area contributed by atoms with Crippen molar-refractivity contribution in [1.29, 1.82) is 0 Å². The molecule has 0 aliphatic rings. The summed E-state index contributed by atoms with van der Waals surface area (Å²) in [6.45, 7) is -0.386. The van der Waals surface area contributed by atoms with E-state index in [4.69, 9.17) is 4.74 Å². The summed E-state index contributed by atoms with van der Waals surface area (Å²) in [4.78, 5) is 22.9. The average Bonchev–Trinajstić information content (AvgIpc) is 3.00. The summed E-state index contributed by atoms with van der Waals surface area (Å²) < 4.78 is 22.1. The highest BCUT2D eigenvalue weighted by molar-refractivity contribution is 7.99. The summed E-state index contributed by atoms with van der Waals surface area (Å²) in [5.74, 6) is -0.374. The van der Waals surface area contributed by atoms with Crippen molar-refractivity contribution >= 4 is 29.5 Å². The zero-order chi connectivity index (χ0) is 15.8. The Balaban J connectivity index is 1.61. The predicted octanol–water partition coefficient (Wildman–Crippen LogP) is 2.23. The van der Waals surface area contributed by atoms with Crippen molar-refractivity contribution < 1.29 is 23.2 Å². The van der Waals surface area contributed by atoms with Crippen molar-refractivity contribution in [3.63, 3.8) is 0 Å². The number of ether oxygens (including phenoxy) is 1. The number of amides is 1. The minimum Gasteiger partial charge on any atom is -0.455 e. The van der Waals surface area contributed by atoms with Crippen LogP contribution >= 0.6 is 11.8 Å². The van der Waals surface area contributed by atoms with Crippen LogP contribution in [0.5, 0.6) is 0 Å².